The van der Waals surface area contributed by atoms with E-state index >= 15 is 0 Å². The second-order valence-electron chi connectivity index (χ2n) is 5.97. The van der Waals surface area contributed by atoms with Crippen LogP contribution in [0.2, 0.25) is 10.0 Å². The van der Waals surface area contributed by atoms with Crippen LogP contribution in [0.25, 0.3) is 34.2 Å². The van der Waals surface area contributed by atoms with Crippen LogP contribution >= 0.6 is 23.2 Å². The van der Waals surface area contributed by atoms with Gasteiger partial charge >= 0.3 is 6.36 Å². The summed E-state index contributed by atoms with van der Waals surface area (Å²) in [6, 6.07) is 13.9. The Morgan fingerprint density at radius 2 is 1.69 bits per heavy atom. The van der Waals surface area contributed by atoms with Crippen molar-refractivity contribution in [1.82, 2.24) is 9.97 Å². The number of nitrogens with one attached hydrogen (secondary N) is 1. The van der Waals surface area contributed by atoms with Crippen molar-refractivity contribution in [1.29, 1.82) is 0 Å². The van der Waals surface area contributed by atoms with E-state index in [0.29, 0.717) is 32.9 Å². The van der Waals surface area contributed by atoms with E-state index in [0.717, 1.165) is 0 Å². The molecule has 0 saturated heterocycles. The van der Waals surface area contributed by atoms with Crippen molar-refractivity contribution in [3.63, 3.8) is 0 Å². The molecule has 0 bridgehead atoms. The predicted octanol–water partition coefficient (Wildman–Crippen LogP) is 7.21. The Morgan fingerprint density at radius 1 is 0.931 bits per heavy atom. The Kier molecular flexibility index (Phi) is 5.02. The monoisotopic (exact) mass is 438 g/mol. The first-order valence-electron chi connectivity index (χ1n) is 8.26. The normalized spacial score (nSPS) is 11.6. The topological polar surface area (TPSA) is 51.0 Å². The van der Waals surface area contributed by atoms with Gasteiger partial charge in [-0.05, 0) is 42.5 Å². The fraction of sp³-hybridized carbons (Fsp3) is 0.0500. The molecule has 2 aromatic carbocycles. The fourth-order valence-electron chi connectivity index (χ4n) is 2.78. The van der Waals surface area contributed by atoms with Crippen LogP contribution in [-0.2, 0) is 0 Å². The number of hydrogen-bond acceptors (Lipinski definition) is 3. The second kappa shape index (κ2) is 7.50. The highest BCUT2D eigenvalue weighted by Gasteiger charge is 2.32. The van der Waals surface area contributed by atoms with Gasteiger partial charge in [-0.15, -0.1) is 13.2 Å². The summed E-state index contributed by atoms with van der Waals surface area (Å²) in [4.78, 5) is 7.41. The van der Waals surface area contributed by atoms with Gasteiger partial charge in [-0.1, -0.05) is 35.3 Å². The number of benzene rings is 2. The quantitative estimate of drug-likeness (QED) is 0.366. The average molecular weight is 439 g/mol. The Morgan fingerprint density at radius 3 is 2.45 bits per heavy atom. The Hall–Kier alpha value is -2.90. The maximum atomic E-state index is 12.6. The number of alkyl halides is 3. The summed E-state index contributed by atoms with van der Waals surface area (Å²) in [5.41, 5.74) is 1.42. The molecular formula is C20H11Cl2F3N2O2. The molecule has 0 atom stereocenters. The van der Waals surface area contributed by atoms with E-state index in [-0.39, 0.29) is 17.1 Å². The number of imidazole rings is 1. The zero-order valence-corrected chi connectivity index (χ0v) is 15.9. The molecule has 29 heavy (non-hydrogen) atoms. The van der Waals surface area contributed by atoms with Crippen LogP contribution in [0.3, 0.4) is 0 Å². The number of rotatable bonds is 4. The highest BCUT2D eigenvalue weighted by molar-refractivity contribution is 6.36. The molecule has 4 nitrogen and oxygen atoms in total. The van der Waals surface area contributed by atoms with Gasteiger partial charge in [0.2, 0.25) is 0 Å². The summed E-state index contributed by atoms with van der Waals surface area (Å²) in [5.74, 6) is 0.598. The van der Waals surface area contributed by atoms with Gasteiger partial charge in [0.25, 0.3) is 0 Å². The number of para-hydroxylation sites is 1. The van der Waals surface area contributed by atoms with Crippen LogP contribution < -0.4 is 4.74 Å². The summed E-state index contributed by atoms with van der Waals surface area (Å²) in [6.45, 7) is 0. The Bertz CT molecular complexity index is 1170. The number of nitrogens with zero attached hydrogens (tertiary/aromatic N) is 1. The molecule has 148 valence electrons. The fourth-order valence-corrected chi connectivity index (χ4v) is 3.28. The standard InChI is InChI=1S/C20H11Cl2F3N2O2/c21-11-5-6-12(14(22)9-11)15-10-26-19(27-15)18-8-7-16(28-18)13-3-1-2-4-17(13)29-20(23,24)25/h1-10H,(H,26,27). The summed E-state index contributed by atoms with van der Waals surface area (Å²) < 4.78 is 47.7. The van der Waals surface area contributed by atoms with E-state index in [9.17, 15) is 13.2 Å². The number of aromatic amines is 1. The smallest absolute Gasteiger partial charge is 0.453 e. The van der Waals surface area contributed by atoms with E-state index in [2.05, 4.69) is 14.7 Å². The van der Waals surface area contributed by atoms with Gasteiger partial charge in [0.15, 0.2) is 11.6 Å². The molecule has 2 heterocycles. The van der Waals surface area contributed by atoms with Crippen LogP contribution in [0.4, 0.5) is 13.2 Å². The largest absolute Gasteiger partial charge is 0.573 e. The molecule has 2 aromatic heterocycles. The van der Waals surface area contributed by atoms with Gasteiger partial charge in [-0.3, -0.25) is 0 Å². The van der Waals surface area contributed by atoms with Gasteiger partial charge in [-0.2, -0.15) is 0 Å². The molecule has 0 aliphatic rings. The maximum Gasteiger partial charge on any atom is 0.573 e. The molecule has 0 aliphatic heterocycles. The third-order valence-electron chi connectivity index (χ3n) is 4.00. The molecule has 0 unspecified atom stereocenters. The number of ether oxygens (including phenoxy) is 1. The average Bonchev–Trinajstić information content (AvgIpc) is 3.30. The Labute approximate surface area is 172 Å². The molecule has 4 rings (SSSR count). The predicted molar refractivity (Wildman–Crippen MR) is 104 cm³/mol. The van der Waals surface area contributed by atoms with Crippen molar-refractivity contribution in [2.24, 2.45) is 0 Å². The van der Waals surface area contributed by atoms with Gasteiger partial charge < -0.3 is 14.1 Å². The van der Waals surface area contributed by atoms with Crippen molar-refractivity contribution in [3.8, 4) is 39.9 Å². The third-order valence-corrected chi connectivity index (χ3v) is 4.55. The number of hydrogen-bond donors (Lipinski definition) is 1. The minimum atomic E-state index is -4.81. The molecule has 0 saturated carbocycles. The molecule has 0 spiro atoms. The molecule has 0 radical (unpaired) electrons. The van der Waals surface area contributed by atoms with E-state index in [4.69, 9.17) is 27.6 Å². The van der Waals surface area contributed by atoms with Crippen LogP contribution in [-0.4, -0.2) is 16.3 Å². The van der Waals surface area contributed by atoms with Crippen LogP contribution in [0.5, 0.6) is 5.75 Å². The molecule has 1 N–H and O–H groups in total. The molecule has 0 aliphatic carbocycles. The lowest BCUT2D eigenvalue weighted by atomic mass is 10.1. The van der Waals surface area contributed by atoms with Crippen LogP contribution in [0.1, 0.15) is 0 Å². The lowest BCUT2D eigenvalue weighted by molar-refractivity contribution is -0.274. The lowest BCUT2D eigenvalue weighted by Crippen LogP contribution is -2.17. The minimum absolute atomic E-state index is 0.170. The Balaban J connectivity index is 1.65. The molecular weight excluding hydrogens is 428 g/mol. The van der Waals surface area contributed by atoms with Gasteiger partial charge in [-0.25, -0.2) is 4.98 Å². The van der Waals surface area contributed by atoms with Crippen molar-refractivity contribution in [2.75, 3.05) is 0 Å². The molecule has 9 heteroatoms. The van der Waals surface area contributed by atoms with E-state index < -0.39 is 6.36 Å². The first kappa shape index (κ1) is 19.4. The minimum Gasteiger partial charge on any atom is -0.453 e. The van der Waals surface area contributed by atoms with Crippen molar-refractivity contribution in [2.45, 2.75) is 6.36 Å². The molecule has 4 aromatic rings. The second-order valence-corrected chi connectivity index (χ2v) is 6.81. The SMILES string of the molecule is FC(F)(F)Oc1ccccc1-c1ccc(-c2nc(-c3ccc(Cl)cc3Cl)c[nH]2)o1. The van der Waals surface area contributed by atoms with Crippen molar-refractivity contribution < 1.29 is 22.3 Å². The van der Waals surface area contributed by atoms with Gasteiger partial charge in [0, 0.05) is 16.8 Å². The third kappa shape index (κ3) is 4.26. The van der Waals surface area contributed by atoms with E-state index in [1.807, 2.05) is 0 Å². The lowest BCUT2D eigenvalue weighted by Gasteiger charge is -2.11. The number of halogens is 5. The highest BCUT2D eigenvalue weighted by atomic mass is 35.5. The summed E-state index contributed by atoms with van der Waals surface area (Å²) in [5, 5.41) is 0.943. The maximum absolute atomic E-state index is 12.6. The van der Waals surface area contributed by atoms with E-state index in [1.54, 1.807) is 42.6 Å². The summed E-state index contributed by atoms with van der Waals surface area (Å²) >= 11 is 12.1. The van der Waals surface area contributed by atoms with Gasteiger partial charge in [0.05, 0.1) is 16.3 Å². The molecule has 0 amide bonds. The zero-order valence-electron chi connectivity index (χ0n) is 14.4. The number of furan rings is 1. The highest BCUT2D eigenvalue weighted by Crippen LogP contribution is 2.37. The van der Waals surface area contributed by atoms with Crippen molar-refractivity contribution in [3.05, 3.63) is 70.8 Å². The number of H-pyrrole nitrogens is 1. The van der Waals surface area contributed by atoms with Crippen molar-refractivity contribution >= 4 is 23.2 Å². The summed E-state index contributed by atoms with van der Waals surface area (Å²) in [6.07, 6.45) is -3.16. The zero-order chi connectivity index (χ0) is 20.6. The summed E-state index contributed by atoms with van der Waals surface area (Å²) in [7, 11) is 0. The van der Waals surface area contributed by atoms with Crippen LogP contribution in [0.15, 0.2) is 65.2 Å². The first-order valence-corrected chi connectivity index (χ1v) is 9.02. The first-order chi connectivity index (χ1) is 13.8. The van der Waals surface area contributed by atoms with E-state index in [1.165, 1.54) is 18.2 Å². The van der Waals surface area contributed by atoms with Gasteiger partial charge in [0.1, 0.15) is 11.5 Å². The molecule has 0 fully saturated rings. The van der Waals surface area contributed by atoms with Crippen LogP contribution in [0, 0.1) is 0 Å². The number of aromatic nitrogens is 2.